The van der Waals surface area contributed by atoms with Gasteiger partial charge in [0.1, 0.15) is 5.75 Å². The minimum Gasteiger partial charge on any atom is -0.616 e. The highest BCUT2D eigenvalue weighted by atomic mass is 32.2. The van der Waals surface area contributed by atoms with E-state index in [0.29, 0.717) is 5.75 Å². The number of aliphatic hydroxyl groups excluding tert-OH is 1. The van der Waals surface area contributed by atoms with Gasteiger partial charge >= 0.3 is 0 Å². The van der Waals surface area contributed by atoms with E-state index in [1.807, 2.05) is 0 Å². The molecule has 3 heteroatoms. The Morgan fingerprint density at radius 2 is 1.41 bits per heavy atom. The second-order valence-electron chi connectivity index (χ2n) is 5.01. The topological polar surface area (TPSA) is 43.3 Å². The lowest BCUT2D eigenvalue weighted by atomic mass is 10.1. The lowest BCUT2D eigenvalue weighted by molar-refractivity contribution is 0.182. The minimum absolute atomic E-state index is 0.356. The molecule has 0 rings (SSSR count). The Kier molecular flexibility index (Phi) is 12.9. The molecule has 0 aliphatic rings. The third-order valence-electron chi connectivity index (χ3n) is 3.07. The van der Waals surface area contributed by atoms with Crippen molar-refractivity contribution in [2.75, 3.05) is 12.0 Å². The Morgan fingerprint density at radius 1 is 0.941 bits per heavy atom. The molecule has 0 heterocycles. The molecule has 2 nitrogen and oxygen atoms in total. The first-order chi connectivity index (χ1) is 8.16. The van der Waals surface area contributed by atoms with Crippen LogP contribution in [-0.4, -0.2) is 27.8 Å². The van der Waals surface area contributed by atoms with Crippen molar-refractivity contribution in [2.45, 2.75) is 77.2 Å². The lowest BCUT2D eigenvalue weighted by Crippen LogP contribution is -2.19. The van der Waals surface area contributed by atoms with Gasteiger partial charge in [-0.05, 0) is 6.42 Å². The average Bonchev–Trinajstić information content (AvgIpc) is 2.26. The van der Waals surface area contributed by atoms with Crippen molar-refractivity contribution in [3.63, 3.8) is 0 Å². The standard InChI is InChI=1S/C14H30O2S/c1-3-4-5-6-7-8-9-10-11-12-14(15)13-17(2)16/h14-15H,3-13H2,1-2H3. The lowest BCUT2D eigenvalue weighted by Gasteiger charge is -2.11. The Balaban J connectivity index is 3.07. The average molecular weight is 262 g/mol. The van der Waals surface area contributed by atoms with E-state index in [-0.39, 0.29) is 6.10 Å². The van der Waals surface area contributed by atoms with Gasteiger partial charge < -0.3 is 9.66 Å². The Bertz CT molecular complexity index is 151. The Hall–Kier alpha value is 0.270. The van der Waals surface area contributed by atoms with E-state index >= 15 is 0 Å². The molecule has 0 saturated heterocycles. The molecule has 0 bridgehead atoms. The van der Waals surface area contributed by atoms with Crippen LogP contribution in [0.2, 0.25) is 0 Å². The second kappa shape index (κ2) is 12.7. The summed E-state index contributed by atoms with van der Waals surface area (Å²) in [5, 5.41) is 9.53. The van der Waals surface area contributed by atoms with Crippen LogP contribution >= 0.6 is 0 Å². The zero-order chi connectivity index (χ0) is 12.9. The van der Waals surface area contributed by atoms with Crippen molar-refractivity contribution in [2.24, 2.45) is 0 Å². The normalized spacial score (nSPS) is 14.8. The van der Waals surface area contributed by atoms with Crippen LogP contribution in [0, 0.1) is 0 Å². The van der Waals surface area contributed by atoms with Gasteiger partial charge in [-0.3, -0.25) is 0 Å². The van der Waals surface area contributed by atoms with Crippen LogP contribution in [0.5, 0.6) is 0 Å². The molecule has 1 N–H and O–H groups in total. The maximum atomic E-state index is 10.9. The van der Waals surface area contributed by atoms with Crippen LogP contribution < -0.4 is 0 Å². The molecule has 0 aromatic heterocycles. The number of unbranched alkanes of at least 4 members (excludes halogenated alkanes) is 8. The van der Waals surface area contributed by atoms with Crippen LogP contribution in [-0.2, 0) is 11.2 Å². The van der Waals surface area contributed by atoms with Crippen molar-refractivity contribution in [1.29, 1.82) is 0 Å². The maximum absolute atomic E-state index is 10.9. The molecule has 0 spiro atoms. The zero-order valence-corrected chi connectivity index (χ0v) is 12.4. The zero-order valence-electron chi connectivity index (χ0n) is 11.6. The Labute approximate surface area is 110 Å². The molecule has 2 unspecified atom stereocenters. The fourth-order valence-electron chi connectivity index (χ4n) is 2.04. The molecule has 0 aromatic rings. The third-order valence-corrected chi connectivity index (χ3v) is 3.92. The molecule has 17 heavy (non-hydrogen) atoms. The van der Waals surface area contributed by atoms with E-state index in [4.69, 9.17) is 0 Å². The molecule has 0 fully saturated rings. The fourth-order valence-corrected chi connectivity index (χ4v) is 2.75. The SMILES string of the molecule is CCCCCCCCCCCC(O)C[S+](C)[O-]. The summed E-state index contributed by atoms with van der Waals surface area (Å²) in [5.74, 6) is 0.441. The van der Waals surface area contributed by atoms with Crippen molar-refractivity contribution < 1.29 is 9.66 Å². The van der Waals surface area contributed by atoms with Crippen molar-refractivity contribution in [1.82, 2.24) is 0 Å². The number of rotatable bonds is 12. The molecule has 0 saturated carbocycles. The summed E-state index contributed by atoms with van der Waals surface area (Å²) in [6.45, 7) is 2.24. The van der Waals surface area contributed by atoms with Gasteiger partial charge in [-0.2, -0.15) is 0 Å². The van der Waals surface area contributed by atoms with Gasteiger partial charge in [0.25, 0.3) is 0 Å². The highest BCUT2D eigenvalue weighted by molar-refractivity contribution is 7.90. The van der Waals surface area contributed by atoms with Crippen molar-refractivity contribution in [3.05, 3.63) is 0 Å². The van der Waals surface area contributed by atoms with Gasteiger partial charge in [0, 0.05) is 0 Å². The predicted octanol–water partition coefficient (Wildman–Crippen LogP) is 3.65. The van der Waals surface area contributed by atoms with Crippen molar-refractivity contribution in [3.8, 4) is 0 Å². The largest absolute Gasteiger partial charge is 0.616 e. The van der Waals surface area contributed by atoms with E-state index in [1.165, 1.54) is 51.4 Å². The summed E-state index contributed by atoms with van der Waals surface area (Å²) in [7, 11) is 0. The monoisotopic (exact) mass is 262 g/mol. The van der Waals surface area contributed by atoms with E-state index in [2.05, 4.69) is 6.92 Å². The maximum Gasteiger partial charge on any atom is 0.131 e. The summed E-state index contributed by atoms with van der Waals surface area (Å²) in [6.07, 6.45) is 13.8. The highest BCUT2D eigenvalue weighted by Gasteiger charge is 2.09. The number of aliphatic hydroxyl groups is 1. The van der Waals surface area contributed by atoms with Crippen LogP contribution in [0.25, 0.3) is 0 Å². The molecular weight excluding hydrogens is 232 g/mol. The number of hydrogen-bond donors (Lipinski definition) is 1. The quantitative estimate of drug-likeness (QED) is 0.431. The first-order valence-electron chi connectivity index (χ1n) is 7.15. The molecule has 0 amide bonds. The molecule has 0 aromatic carbocycles. The van der Waals surface area contributed by atoms with Gasteiger partial charge in [-0.1, -0.05) is 75.9 Å². The van der Waals surface area contributed by atoms with Gasteiger partial charge in [-0.15, -0.1) is 0 Å². The first kappa shape index (κ1) is 17.3. The smallest absolute Gasteiger partial charge is 0.131 e. The van der Waals surface area contributed by atoms with Crippen LogP contribution in [0.3, 0.4) is 0 Å². The summed E-state index contributed by atoms with van der Waals surface area (Å²) >= 11 is -0.859. The summed E-state index contributed by atoms with van der Waals surface area (Å²) in [4.78, 5) is 0. The summed E-state index contributed by atoms with van der Waals surface area (Å²) in [6, 6.07) is 0. The first-order valence-corrected chi connectivity index (χ1v) is 8.87. The molecule has 0 aliphatic carbocycles. The molecule has 104 valence electrons. The third kappa shape index (κ3) is 14.2. The van der Waals surface area contributed by atoms with Gasteiger partial charge in [0.05, 0.1) is 12.4 Å². The van der Waals surface area contributed by atoms with Crippen LogP contribution in [0.4, 0.5) is 0 Å². The van der Waals surface area contributed by atoms with Crippen LogP contribution in [0.1, 0.15) is 71.1 Å². The van der Waals surface area contributed by atoms with E-state index < -0.39 is 11.2 Å². The summed E-state index contributed by atoms with van der Waals surface area (Å²) in [5.41, 5.74) is 0. The molecule has 2 atom stereocenters. The summed E-state index contributed by atoms with van der Waals surface area (Å²) < 4.78 is 10.9. The molecule has 0 aliphatic heterocycles. The van der Waals surface area contributed by atoms with Gasteiger partial charge in [-0.25, -0.2) is 0 Å². The fraction of sp³-hybridized carbons (Fsp3) is 1.00. The number of hydrogen-bond acceptors (Lipinski definition) is 2. The molecular formula is C14H30O2S. The molecule has 0 radical (unpaired) electrons. The van der Waals surface area contributed by atoms with E-state index in [1.54, 1.807) is 6.26 Å². The second-order valence-corrected chi connectivity index (χ2v) is 6.49. The van der Waals surface area contributed by atoms with Gasteiger partial charge in [0.15, 0.2) is 0 Å². The highest BCUT2D eigenvalue weighted by Crippen LogP contribution is 2.11. The Morgan fingerprint density at radius 3 is 1.88 bits per heavy atom. The van der Waals surface area contributed by atoms with Crippen molar-refractivity contribution >= 4 is 11.2 Å². The van der Waals surface area contributed by atoms with Gasteiger partial charge in [0.2, 0.25) is 0 Å². The van der Waals surface area contributed by atoms with E-state index in [0.717, 1.165) is 12.8 Å². The minimum atomic E-state index is -0.859. The van der Waals surface area contributed by atoms with Crippen LogP contribution in [0.15, 0.2) is 0 Å². The predicted molar refractivity (Wildman–Crippen MR) is 76.8 cm³/mol. The van der Waals surface area contributed by atoms with E-state index in [9.17, 15) is 9.66 Å².